The van der Waals surface area contributed by atoms with Gasteiger partial charge in [-0.2, -0.15) is 0 Å². The molecule has 0 aromatic heterocycles. The molecule has 6 heteroatoms. The number of anilines is 2. The largest absolute Gasteiger partial charge is 0.332 e. The summed E-state index contributed by atoms with van der Waals surface area (Å²) < 4.78 is 1.12. The second-order valence-electron chi connectivity index (χ2n) is 6.97. The smallest absolute Gasteiger partial charge is 0.324 e. The summed E-state index contributed by atoms with van der Waals surface area (Å²) in [5, 5.41) is 7.66. The van der Waals surface area contributed by atoms with E-state index in [1.807, 2.05) is 78.9 Å². The van der Waals surface area contributed by atoms with Crippen molar-refractivity contribution in [3.05, 3.63) is 109 Å². The summed E-state index contributed by atoms with van der Waals surface area (Å²) in [6.45, 7) is 0. The van der Waals surface area contributed by atoms with Gasteiger partial charge in [0.2, 0.25) is 0 Å². The summed E-state index contributed by atoms with van der Waals surface area (Å²) in [7, 11) is 0. The van der Waals surface area contributed by atoms with Crippen molar-refractivity contribution in [2.24, 2.45) is 0 Å². The van der Waals surface area contributed by atoms with E-state index < -0.39 is 12.1 Å². The molecule has 5 nitrogen and oxygen atoms in total. The molecule has 0 heterocycles. The maximum Gasteiger partial charge on any atom is 0.332 e. The third-order valence-corrected chi connectivity index (χ3v) is 5.30. The molecule has 0 fully saturated rings. The minimum Gasteiger partial charge on any atom is -0.324 e. The van der Waals surface area contributed by atoms with Crippen LogP contribution in [0.3, 0.4) is 0 Å². The van der Waals surface area contributed by atoms with Gasteiger partial charge in [-0.15, -0.1) is 0 Å². The highest BCUT2D eigenvalue weighted by molar-refractivity contribution is 7.78. The topological polar surface area (TPSA) is 61.4 Å². The maximum absolute atomic E-state index is 13.1. The van der Waals surface area contributed by atoms with E-state index in [0.29, 0.717) is 16.9 Å². The van der Waals surface area contributed by atoms with Gasteiger partial charge in [-0.05, 0) is 29.1 Å². The number of fused-ring (bicyclic) bond motifs is 1. The molecule has 2 N–H and O–H groups in total. The molecule has 154 valence electrons. The van der Waals surface area contributed by atoms with Crippen molar-refractivity contribution < 1.29 is 9.59 Å². The van der Waals surface area contributed by atoms with Crippen molar-refractivity contribution in [2.45, 2.75) is 6.04 Å². The first-order valence-electron chi connectivity index (χ1n) is 9.81. The van der Waals surface area contributed by atoms with Gasteiger partial charge in [-0.25, -0.2) is 4.79 Å². The highest BCUT2D eigenvalue weighted by Crippen LogP contribution is 2.28. The number of hydrogen-bond acceptors (Lipinski definition) is 3. The number of amides is 3. The molecule has 0 bridgehead atoms. The van der Waals surface area contributed by atoms with Gasteiger partial charge in [0.1, 0.15) is 6.04 Å². The number of carbonyl (C=O) groups excluding carboxylic acids is 2. The van der Waals surface area contributed by atoms with Gasteiger partial charge in [-0.3, -0.25) is 9.10 Å². The zero-order valence-electron chi connectivity index (χ0n) is 16.6. The van der Waals surface area contributed by atoms with Gasteiger partial charge in [0, 0.05) is 11.1 Å². The fraction of sp³-hybridized carbons (Fsp3) is 0.0400. The molecule has 0 spiro atoms. The number of rotatable bonds is 5. The van der Waals surface area contributed by atoms with Crippen LogP contribution in [0.25, 0.3) is 10.8 Å². The van der Waals surface area contributed by atoms with Crippen molar-refractivity contribution in [1.82, 2.24) is 4.31 Å². The SMILES string of the molecule is O=C(Nc1ccccc1)C(c1ccccc1)N(S)C(=O)Nc1cccc2ccccc12. The average Bonchev–Trinajstić information content (AvgIpc) is 2.81. The molecule has 3 amide bonds. The summed E-state index contributed by atoms with van der Waals surface area (Å²) in [4.78, 5) is 26.2. The van der Waals surface area contributed by atoms with E-state index in [2.05, 4.69) is 23.4 Å². The molecule has 0 aliphatic rings. The first kappa shape index (κ1) is 20.5. The third-order valence-electron chi connectivity index (χ3n) is 4.89. The third kappa shape index (κ3) is 4.70. The lowest BCUT2D eigenvalue weighted by atomic mass is 10.1. The lowest BCUT2D eigenvalue weighted by Crippen LogP contribution is -2.37. The van der Waals surface area contributed by atoms with Crippen LogP contribution in [0.5, 0.6) is 0 Å². The van der Waals surface area contributed by atoms with Gasteiger partial charge in [0.25, 0.3) is 5.91 Å². The molecule has 31 heavy (non-hydrogen) atoms. The van der Waals surface area contributed by atoms with Crippen LogP contribution in [-0.4, -0.2) is 16.2 Å². The zero-order chi connectivity index (χ0) is 21.6. The Balaban J connectivity index is 1.61. The Bertz CT molecular complexity index is 1190. The number of para-hydroxylation sites is 1. The van der Waals surface area contributed by atoms with E-state index in [9.17, 15) is 9.59 Å². The summed E-state index contributed by atoms with van der Waals surface area (Å²) >= 11 is 4.42. The number of nitrogens with zero attached hydrogens (tertiary/aromatic N) is 1. The molecule has 4 aromatic carbocycles. The molecule has 0 aliphatic heterocycles. The number of benzene rings is 4. The van der Waals surface area contributed by atoms with Crippen LogP contribution >= 0.6 is 12.8 Å². The Morgan fingerprint density at radius 3 is 2.06 bits per heavy atom. The Morgan fingerprint density at radius 1 is 0.710 bits per heavy atom. The van der Waals surface area contributed by atoms with Crippen molar-refractivity contribution in [1.29, 1.82) is 0 Å². The summed E-state index contributed by atoms with van der Waals surface area (Å²) in [6.07, 6.45) is 0. The first-order chi connectivity index (χ1) is 15.1. The summed E-state index contributed by atoms with van der Waals surface area (Å²) in [5.74, 6) is -0.361. The normalized spacial score (nSPS) is 11.5. The van der Waals surface area contributed by atoms with Gasteiger partial charge < -0.3 is 10.6 Å². The molecule has 1 atom stereocenters. The molecule has 0 saturated carbocycles. The zero-order valence-corrected chi connectivity index (χ0v) is 17.5. The molecule has 0 radical (unpaired) electrons. The predicted molar refractivity (Wildman–Crippen MR) is 128 cm³/mol. The minimum atomic E-state index is -0.931. The quantitative estimate of drug-likeness (QED) is 0.347. The predicted octanol–water partition coefficient (Wildman–Crippen LogP) is 5.90. The van der Waals surface area contributed by atoms with E-state index in [1.54, 1.807) is 24.3 Å². The maximum atomic E-state index is 13.1. The van der Waals surface area contributed by atoms with Gasteiger partial charge in [0.05, 0.1) is 5.69 Å². The number of carbonyl (C=O) groups is 2. The van der Waals surface area contributed by atoms with E-state index in [-0.39, 0.29) is 5.91 Å². The Labute approximate surface area is 186 Å². The van der Waals surface area contributed by atoms with Crippen molar-refractivity contribution in [3.63, 3.8) is 0 Å². The molecule has 0 aliphatic carbocycles. The van der Waals surface area contributed by atoms with E-state index in [4.69, 9.17) is 0 Å². The fourth-order valence-corrected chi connectivity index (χ4v) is 3.68. The lowest BCUT2D eigenvalue weighted by Gasteiger charge is -2.26. The summed E-state index contributed by atoms with van der Waals surface area (Å²) in [5.41, 5.74) is 1.95. The Kier molecular flexibility index (Phi) is 6.19. The number of hydrogen-bond donors (Lipinski definition) is 3. The first-order valence-corrected chi connectivity index (χ1v) is 10.2. The van der Waals surface area contributed by atoms with Crippen molar-refractivity contribution in [3.8, 4) is 0 Å². The second kappa shape index (κ2) is 9.36. The molecular weight excluding hydrogens is 406 g/mol. The Hall–Kier alpha value is -3.77. The van der Waals surface area contributed by atoms with Gasteiger partial charge >= 0.3 is 6.03 Å². The van der Waals surface area contributed by atoms with Gasteiger partial charge in [-0.1, -0.05) is 97.7 Å². The second-order valence-corrected chi connectivity index (χ2v) is 7.40. The molecule has 4 aromatic rings. The van der Waals surface area contributed by atoms with Crippen LogP contribution < -0.4 is 10.6 Å². The summed E-state index contributed by atoms with van der Waals surface area (Å²) in [6, 6.07) is 30.2. The van der Waals surface area contributed by atoms with Crippen LogP contribution in [0.1, 0.15) is 11.6 Å². The fourth-order valence-electron chi connectivity index (χ4n) is 3.40. The van der Waals surface area contributed by atoms with Crippen LogP contribution in [0, 0.1) is 0 Å². The highest BCUT2D eigenvalue weighted by atomic mass is 32.1. The van der Waals surface area contributed by atoms with Crippen LogP contribution in [-0.2, 0) is 4.79 Å². The van der Waals surface area contributed by atoms with Crippen LogP contribution in [0.15, 0.2) is 103 Å². The Morgan fingerprint density at radius 2 is 1.32 bits per heavy atom. The average molecular weight is 428 g/mol. The van der Waals surface area contributed by atoms with E-state index in [1.165, 1.54) is 0 Å². The standard InChI is InChI=1S/C25H21N3O2S/c29-24(26-20-14-5-2-6-15-20)23(19-11-3-1-4-12-19)28(31)25(30)27-22-17-9-13-18-10-7-8-16-21(18)22/h1-17,23,31H,(H,26,29)(H,27,30). The highest BCUT2D eigenvalue weighted by Gasteiger charge is 2.30. The molecule has 0 saturated heterocycles. The lowest BCUT2D eigenvalue weighted by molar-refractivity contribution is -0.119. The van der Waals surface area contributed by atoms with Crippen LogP contribution in [0.2, 0.25) is 0 Å². The monoisotopic (exact) mass is 427 g/mol. The van der Waals surface area contributed by atoms with Gasteiger partial charge in [0.15, 0.2) is 0 Å². The van der Waals surface area contributed by atoms with Crippen LogP contribution in [0.4, 0.5) is 16.2 Å². The molecular formula is C25H21N3O2S. The van der Waals surface area contributed by atoms with Crippen molar-refractivity contribution in [2.75, 3.05) is 10.6 Å². The van der Waals surface area contributed by atoms with Crippen molar-refractivity contribution >= 4 is 46.9 Å². The number of nitrogens with one attached hydrogen (secondary N) is 2. The minimum absolute atomic E-state index is 0.361. The van der Waals surface area contributed by atoms with E-state index >= 15 is 0 Å². The molecule has 4 rings (SSSR count). The van der Waals surface area contributed by atoms with E-state index in [0.717, 1.165) is 15.1 Å². The number of thiol groups is 1. The number of urea groups is 1. The molecule has 1 unspecified atom stereocenters.